The van der Waals surface area contributed by atoms with Crippen LogP contribution in [0.15, 0.2) is 35.6 Å². The Bertz CT molecular complexity index is 810. The maximum Gasteiger partial charge on any atom is 0.234 e. The first-order chi connectivity index (χ1) is 12.9. The van der Waals surface area contributed by atoms with Gasteiger partial charge in [-0.2, -0.15) is 0 Å². The van der Waals surface area contributed by atoms with Crippen LogP contribution in [0.1, 0.15) is 19.4 Å². The standard InChI is InChI=1S/C19H23ClN4O2S/c1-12-8-24(9-13(2)26-12)17-7-19(22-11-21-17)27-10-18(25)23-16-6-4-5-15(20)14(16)3/h4-7,11-13H,8-10H2,1-3H3,(H,23,25). The van der Waals surface area contributed by atoms with Gasteiger partial charge in [0.25, 0.3) is 0 Å². The zero-order valence-electron chi connectivity index (χ0n) is 15.6. The second kappa shape index (κ2) is 8.91. The molecule has 1 aliphatic rings. The summed E-state index contributed by atoms with van der Waals surface area (Å²) in [4.78, 5) is 23.1. The molecule has 0 aliphatic carbocycles. The van der Waals surface area contributed by atoms with Crippen LogP contribution in [0, 0.1) is 6.92 Å². The molecule has 1 N–H and O–H groups in total. The molecule has 1 amide bonds. The second-order valence-corrected chi connectivity index (χ2v) is 8.03. The Hall–Kier alpha value is -1.83. The number of halogens is 1. The highest BCUT2D eigenvalue weighted by Gasteiger charge is 2.23. The van der Waals surface area contributed by atoms with E-state index in [0.717, 1.165) is 35.2 Å². The molecular formula is C19H23ClN4O2S. The van der Waals surface area contributed by atoms with Crippen LogP contribution in [0.3, 0.4) is 0 Å². The average molecular weight is 407 g/mol. The Kier molecular flexibility index (Phi) is 6.57. The fourth-order valence-electron chi connectivity index (χ4n) is 3.02. The van der Waals surface area contributed by atoms with E-state index in [1.165, 1.54) is 11.8 Å². The number of amides is 1. The number of carbonyl (C=O) groups is 1. The van der Waals surface area contributed by atoms with E-state index in [0.29, 0.717) is 5.02 Å². The SMILES string of the molecule is Cc1c(Cl)cccc1NC(=O)CSc1cc(N2CC(C)OC(C)C2)ncn1. The molecule has 144 valence electrons. The fraction of sp³-hybridized carbons (Fsp3) is 0.421. The third kappa shape index (κ3) is 5.34. The first kappa shape index (κ1) is 19.9. The molecule has 0 spiro atoms. The van der Waals surface area contributed by atoms with E-state index >= 15 is 0 Å². The van der Waals surface area contributed by atoms with E-state index in [-0.39, 0.29) is 23.9 Å². The van der Waals surface area contributed by atoms with E-state index in [2.05, 4.69) is 34.0 Å². The van der Waals surface area contributed by atoms with Crippen molar-refractivity contribution in [2.75, 3.05) is 29.1 Å². The summed E-state index contributed by atoms with van der Waals surface area (Å²) in [5.74, 6) is 1.03. The highest BCUT2D eigenvalue weighted by Crippen LogP contribution is 2.25. The molecule has 2 atom stereocenters. The monoisotopic (exact) mass is 406 g/mol. The predicted octanol–water partition coefficient (Wildman–Crippen LogP) is 3.78. The maximum atomic E-state index is 12.3. The van der Waals surface area contributed by atoms with Gasteiger partial charge < -0.3 is 15.0 Å². The van der Waals surface area contributed by atoms with Crippen molar-refractivity contribution in [3.05, 3.63) is 41.2 Å². The Morgan fingerprint density at radius 1 is 1.33 bits per heavy atom. The van der Waals surface area contributed by atoms with Gasteiger partial charge in [0.15, 0.2) is 0 Å². The van der Waals surface area contributed by atoms with Crippen molar-refractivity contribution >= 4 is 40.8 Å². The van der Waals surface area contributed by atoms with Crippen LogP contribution >= 0.6 is 23.4 Å². The minimum Gasteiger partial charge on any atom is -0.372 e. The molecule has 8 heteroatoms. The lowest BCUT2D eigenvalue weighted by Crippen LogP contribution is -2.45. The molecule has 1 saturated heterocycles. The van der Waals surface area contributed by atoms with Crippen molar-refractivity contribution in [2.45, 2.75) is 38.0 Å². The van der Waals surface area contributed by atoms with Gasteiger partial charge in [0.2, 0.25) is 5.91 Å². The lowest BCUT2D eigenvalue weighted by molar-refractivity contribution is -0.113. The largest absolute Gasteiger partial charge is 0.372 e. The van der Waals surface area contributed by atoms with Gasteiger partial charge in [0, 0.05) is 29.9 Å². The quantitative estimate of drug-likeness (QED) is 0.602. The van der Waals surface area contributed by atoms with Crippen LogP contribution < -0.4 is 10.2 Å². The van der Waals surface area contributed by atoms with Gasteiger partial charge in [-0.25, -0.2) is 9.97 Å². The number of nitrogens with one attached hydrogen (secondary N) is 1. The zero-order chi connectivity index (χ0) is 19.4. The first-order valence-electron chi connectivity index (χ1n) is 8.82. The fourth-order valence-corrected chi connectivity index (χ4v) is 3.85. The molecular weight excluding hydrogens is 384 g/mol. The Morgan fingerprint density at radius 3 is 2.81 bits per heavy atom. The minimum atomic E-state index is -0.0980. The average Bonchev–Trinajstić information content (AvgIpc) is 2.63. The van der Waals surface area contributed by atoms with Crippen molar-refractivity contribution < 1.29 is 9.53 Å². The van der Waals surface area contributed by atoms with E-state index in [4.69, 9.17) is 16.3 Å². The number of carbonyl (C=O) groups excluding carboxylic acids is 1. The molecule has 1 fully saturated rings. The van der Waals surface area contributed by atoms with Crippen LogP contribution in [0.5, 0.6) is 0 Å². The summed E-state index contributed by atoms with van der Waals surface area (Å²) in [7, 11) is 0. The van der Waals surface area contributed by atoms with Gasteiger partial charge in [-0.1, -0.05) is 29.4 Å². The highest BCUT2D eigenvalue weighted by atomic mass is 35.5. The number of morpholine rings is 1. The van der Waals surface area contributed by atoms with E-state index in [1.54, 1.807) is 12.4 Å². The third-order valence-electron chi connectivity index (χ3n) is 4.26. The van der Waals surface area contributed by atoms with Crippen LogP contribution in [0.2, 0.25) is 5.02 Å². The molecule has 0 bridgehead atoms. The van der Waals surface area contributed by atoms with Crippen LogP contribution in [0.25, 0.3) is 0 Å². The molecule has 6 nitrogen and oxygen atoms in total. The normalized spacial score (nSPS) is 19.8. The Labute approximate surface area is 168 Å². The number of benzene rings is 1. The van der Waals surface area contributed by atoms with Gasteiger partial charge in [0.1, 0.15) is 17.2 Å². The van der Waals surface area contributed by atoms with Crippen molar-refractivity contribution in [1.29, 1.82) is 0 Å². The summed E-state index contributed by atoms with van der Waals surface area (Å²) >= 11 is 7.48. The van der Waals surface area contributed by atoms with Crippen molar-refractivity contribution in [3.8, 4) is 0 Å². The molecule has 2 unspecified atom stereocenters. The van der Waals surface area contributed by atoms with Crippen molar-refractivity contribution in [1.82, 2.24) is 9.97 Å². The summed E-state index contributed by atoms with van der Waals surface area (Å²) < 4.78 is 5.77. The molecule has 2 heterocycles. The minimum absolute atomic E-state index is 0.0980. The molecule has 3 rings (SSSR count). The number of nitrogens with zero attached hydrogens (tertiary/aromatic N) is 3. The van der Waals surface area contributed by atoms with Crippen molar-refractivity contribution in [2.24, 2.45) is 0 Å². The van der Waals surface area contributed by atoms with E-state index in [9.17, 15) is 4.79 Å². The number of rotatable bonds is 5. The third-order valence-corrected chi connectivity index (χ3v) is 5.60. The number of thioether (sulfide) groups is 1. The number of hydrogen-bond donors (Lipinski definition) is 1. The van der Waals surface area contributed by atoms with E-state index in [1.807, 2.05) is 25.1 Å². The summed E-state index contributed by atoms with van der Waals surface area (Å²) in [6.07, 6.45) is 1.86. The van der Waals surface area contributed by atoms with Gasteiger partial charge in [-0.05, 0) is 38.5 Å². The Balaban J connectivity index is 1.59. The molecule has 0 radical (unpaired) electrons. The summed E-state index contributed by atoms with van der Waals surface area (Å²) in [6, 6.07) is 7.39. The molecule has 0 saturated carbocycles. The number of ether oxygens (including phenoxy) is 1. The molecule has 1 aromatic carbocycles. The lowest BCUT2D eigenvalue weighted by Gasteiger charge is -2.36. The zero-order valence-corrected chi connectivity index (χ0v) is 17.2. The molecule has 1 aromatic heterocycles. The van der Waals surface area contributed by atoms with Crippen LogP contribution in [-0.4, -0.2) is 46.9 Å². The summed E-state index contributed by atoms with van der Waals surface area (Å²) in [6.45, 7) is 7.58. The molecule has 27 heavy (non-hydrogen) atoms. The molecule has 2 aromatic rings. The lowest BCUT2D eigenvalue weighted by atomic mass is 10.2. The van der Waals surface area contributed by atoms with Gasteiger partial charge in [0.05, 0.1) is 18.0 Å². The van der Waals surface area contributed by atoms with Crippen molar-refractivity contribution in [3.63, 3.8) is 0 Å². The summed E-state index contributed by atoms with van der Waals surface area (Å²) in [5.41, 5.74) is 1.59. The smallest absolute Gasteiger partial charge is 0.234 e. The van der Waals surface area contributed by atoms with Gasteiger partial charge in [-0.15, -0.1) is 0 Å². The van der Waals surface area contributed by atoms with E-state index < -0.39 is 0 Å². The maximum absolute atomic E-state index is 12.3. The number of aromatic nitrogens is 2. The molecule has 1 aliphatic heterocycles. The first-order valence-corrected chi connectivity index (χ1v) is 10.2. The predicted molar refractivity (Wildman–Crippen MR) is 110 cm³/mol. The van der Waals surface area contributed by atoms with Gasteiger partial charge >= 0.3 is 0 Å². The van der Waals surface area contributed by atoms with Crippen LogP contribution in [-0.2, 0) is 9.53 Å². The second-order valence-electron chi connectivity index (χ2n) is 6.63. The van der Waals surface area contributed by atoms with Gasteiger partial charge in [-0.3, -0.25) is 4.79 Å². The number of hydrogen-bond acceptors (Lipinski definition) is 6. The summed E-state index contributed by atoms with van der Waals surface area (Å²) in [5, 5.41) is 4.30. The number of anilines is 2. The highest BCUT2D eigenvalue weighted by molar-refractivity contribution is 7.99. The topological polar surface area (TPSA) is 67.4 Å². The Morgan fingerprint density at radius 2 is 2.07 bits per heavy atom. The van der Waals surface area contributed by atoms with Crippen LogP contribution in [0.4, 0.5) is 11.5 Å².